The van der Waals surface area contributed by atoms with Crippen LogP contribution in [0.5, 0.6) is 0 Å². The second-order valence-electron chi connectivity index (χ2n) is 5.07. The Morgan fingerprint density at radius 2 is 2.39 bits per heavy atom. The molecule has 18 heavy (non-hydrogen) atoms. The van der Waals surface area contributed by atoms with E-state index >= 15 is 0 Å². The summed E-state index contributed by atoms with van der Waals surface area (Å²) >= 11 is 1.69. The Hall–Kier alpha value is -0.870. The Morgan fingerprint density at radius 1 is 1.61 bits per heavy atom. The summed E-state index contributed by atoms with van der Waals surface area (Å²) in [6, 6.07) is 3.00. The summed E-state index contributed by atoms with van der Waals surface area (Å²) in [5, 5.41) is 7.49. The lowest BCUT2D eigenvalue weighted by atomic mass is 10.2. The summed E-state index contributed by atoms with van der Waals surface area (Å²) < 4.78 is 0. The van der Waals surface area contributed by atoms with Crippen molar-refractivity contribution in [2.24, 2.45) is 0 Å². The molecule has 2 rings (SSSR count). The molecule has 1 fully saturated rings. The molecule has 0 radical (unpaired) electrons. The number of carbonyl (C=O) groups is 1. The van der Waals surface area contributed by atoms with Crippen LogP contribution in [0.25, 0.3) is 0 Å². The highest BCUT2D eigenvalue weighted by Gasteiger charge is 2.32. The number of thiophene rings is 1. The van der Waals surface area contributed by atoms with Gasteiger partial charge >= 0.3 is 0 Å². The molecule has 1 N–H and O–H groups in total. The van der Waals surface area contributed by atoms with Gasteiger partial charge in [0.2, 0.25) is 5.91 Å². The van der Waals surface area contributed by atoms with Crippen LogP contribution in [-0.2, 0) is 11.3 Å². The maximum absolute atomic E-state index is 12.2. The second kappa shape index (κ2) is 6.34. The summed E-state index contributed by atoms with van der Waals surface area (Å²) in [6.45, 7) is 5.49. The van der Waals surface area contributed by atoms with Gasteiger partial charge in [-0.3, -0.25) is 4.79 Å². The molecule has 4 heteroatoms. The molecule has 1 aliphatic carbocycles. The first-order valence-electron chi connectivity index (χ1n) is 6.74. The van der Waals surface area contributed by atoms with Gasteiger partial charge in [-0.05, 0) is 48.6 Å². The molecule has 1 aromatic rings. The smallest absolute Gasteiger partial charge is 0.237 e. The fraction of sp³-hybridized carbons (Fsp3) is 0.643. The Kier molecular flexibility index (Phi) is 4.78. The fourth-order valence-electron chi connectivity index (χ4n) is 1.89. The molecule has 1 heterocycles. The van der Waals surface area contributed by atoms with Gasteiger partial charge in [0.1, 0.15) is 0 Å². The predicted molar refractivity (Wildman–Crippen MR) is 75.6 cm³/mol. The van der Waals surface area contributed by atoms with Crippen LogP contribution in [0.1, 0.15) is 38.7 Å². The van der Waals surface area contributed by atoms with Crippen LogP contribution >= 0.6 is 11.3 Å². The lowest BCUT2D eigenvalue weighted by Gasteiger charge is -2.23. The van der Waals surface area contributed by atoms with Gasteiger partial charge in [0.05, 0.1) is 6.54 Å². The van der Waals surface area contributed by atoms with E-state index in [4.69, 9.17) is 0 Å². The minimum Gasteiger partial charge on any atom is -0.334 e. The lowest BCUT2D eigenvalue weighted by Crippen LogP contribution is -2.41. The molecule has 1 unspecified atom stereocenters. The molecular formula is C14H22N2OS. The van der Waals surface area contributed by atoms with Crippen LogP contribution in [0.2, 0.25) is 0 Å². The van der Waals surface area contributed by atoms with Crippen LogP contribution in [0, 0.1) is 0 Å². The topological polar surface area (TPSA) is 32.3 Å². The summed E-state index contributed by atoms with van der Waals surface area (Å²) in [5.74, 6) is 0.240. The highest BCUT2D eigenvalue weighted by molar-refractivity contribution is 7.07. The van der Waals surface area contributed by atoms with E-state index in [9.17, 15) is 4.79 Å². The van der Waals surface area contributed by atoms with E-state index in [0.29, 0.717) is 18.6 Å². The van der Waals surface area contributed by atoms with Gasteiger partial charge in [-0.1, -0.05) is 6.92 Å². The minimum atomic E-state index is 0.240. The number of hydrogen-bond acceptors (Lipinski definition) is 3. The lowest BCUT2D eigenvalue weighted by molar-refractivity contribution is -0.131. The largest absolute Gasteiger partial charge is 0.334 e. The molecule has 1 atom stereocenters. The number of rotatable bonds is 7. The minimum absolute atomic E-state index is 0.240. The molecule has 0 saturated heterocycles. The van der Waals surface area contributed by atoms with E-state index in [1.54, 1.807) is 11.3 Å². The van der Waals surface area contributed by atoms with Crippen LogP contribution in [0.15, 0.2) is 16.8 Å². The normalized spacial score (nSPS) is 16.6. The van der Waals surface area contributed by atoms with E-state index in [1.165, 1.54) is 18.4 Å². The first kappa shape index (κ1) is 13.6. The summed E-state index contributed by atoms with van der Waals surface area (Å²) in [4.78, 5) is 14.3. The van der Waals surface area contributed by atoms with Crippen molar-refractivity contribution in [1.29, 1.82) is 0 Å². The summed E-state index contributed by atoms with van der Waals surface area (Å²) in [7, 11) is 0. The summed E-state index contributed by atoms with van der Waals surface area (Å²) in [5.41, 5.74) is 1.25. The van der Waals surface area contributed by atoms with Gasteiger partial charge in [-0.15, -0.1) is 0 Å². The van der Waals surface area contributed by atoms with Crippen molar-refractivity contribution in [2.45, 2.75) is 51.7 Å². The highest BCUT2D eigenvalue weighted by Crippen LogP contribution is 2.28. The Bertz CT molecular complexity index is 373. The molecule has 1 aromatic heterocycles. The van der Waals surface area contributed by atoms with E-state index in [-0.39, 0.29) is 5.91 Å². The Morgan fingerprint density at radius 3 is 2.94 bits per heavy atom. The van der Waals surface area contributed by atoms with E-state index in [1.807, 2.05) is 4.90 Å². The molecule has 1 amide bonds. The zero-order valence-electron chi connectivity index (χ0n) is 11.2. The maximum Gasteiger partial charge on any atom is 0.237 e. The van der Waals surface area contributed by atoms with Crippen LogP contribution in [0.4, 0.5) is 0 Å². The molecule has 0 spiro atoms. The van der Waals surface area contributed by atoms with Crippen LogP contribution < -0.4 is 5.32 Å². The quantitative estimate of drug-likeness (QED) is 0.823. The third-order valence-corrected chi connectivity index (χ3v) is 4.19. The molecule has 0 bridgehead atoms. The van der Waals surface area contributed by atoms with Crippen molar-refractivity contribution >= 4 is 17.2 Å². The van der Waals surface area contributed by atoms with Crippen molar-refractivity contribution in [3.05, 3.63) is 22.4 Å². The van der Waals surface area contributed by atoms with Gasteiger partial charge in [0.25, 0.3) is 0 Å². The molecule has 3 nitrogen and oxygen atoms in total. The number of nitrogens with one attached hydrogen (secondary N) is 1. The molecular weight excluding hydrogens is 244 g/mol. The van der Waals surface area contributed by atoms with E-state index in [0.717, 1.165) is 13.0 Å². The molecule has 100 valence electrons. The highest BCUT2D eigenvalue weighted by atomic mass is 32.1. The van der Waals surface area contributed by atoms with Gasteiger partial charge in [-0.2, -0.15) is 11.3 Å². The van der Waals surface area contributed by atoms with Gasteiger partial charge < -0.3 is 10.2 Å². The van der Waals surface area contributed by atoms with Crippen molar-refractivity contribution in [3.8, 4) is 0 Å². The van der Waals surface area contributed by atoms with E-state index in [2.05, 4.69) is 36.0 Å². The third-order valence-electron chi connectivity index (χ3n) is 3.46. The fourth-order valence-corrected chi connectivity index (χ4v) is 2.55. The standard InChI is InChI=1S/C14H22N2OS/c1-3-11(2)15-8-14(17)16(13-4-5-13)9-12-6-7-18-10-12/h6-7,10-11,13,15H,3-5,8-9H2,1-2H3. The average Bonchev–Trinajstić information content (AvgIpc) is 3.09. The molecule has 0 aliphatic heterocycles. The number of carbonyl (C=O) groups excluding carboxylic acids is 1. The first-order chi connectivity index (χ1) is 8.70. The Balaban J connectivity index is 1.87. The van der Waals surface area contributed by atoms with Crippen LogP contribution in [-0.4, -0.2) is 29.4 Å². The number of amides is 1. The van der Waals surface area contributed by atoms with Crippen molar-refractivity contribution in [2.75, 3.05) is 6.54 Å². The molecule has 0 aromatic carbocycles. The maximum atomic E-state index is 12.2. The SMILES string of the molecule is CCC(C)NCC(=O)N(Cc1ccsc1)C1CC1. The monoisotopic (exact) mass is 266 g/mol. The number of nitrogens with zero attached hydrogens (tertiary/aromatic N) is 1. The van der Waals surface area contributed by atoms with Crippen LogP contribution in [0.3, 0.4) is 0 Å². The van der Waals surface area contributed by atoms with Gasteiger partial charge in [0.15, 0.2) is 0 Å². The van der Waals surface area contributed by atoms with Gasteiger partial charge in [0, 0.05) is 18.6 Å². The van der Waals surface area contributed by atoms with E-state index < -0.39 is 0 Å². The predicted octanol–water partition coefficient (Wildman–Crippen LogP) is 2.63. The second-order valence-corrected chi connectivity index (χ2v) is 5.85. The zero-order chi connectivity index (χ0) is 13.0. The van der Waals surface area contributed by atoms with Crippen molar-refractivity contribution in [3.63, 3.8) is 0 Å². The summed E-state index contributed by atoms with van der Waals surface area (Å²) in [6.07, 6.45) is 3.39. The Labute approximate surface area is 113 Å². The third kappa shape index (κ3) is 3.82. The van der Waals surface area contributed by atoms with Gasteiger partial charge in [-0.25, -0.2) is 0 Å². The number of hydrogen-bond donors (Lipinski definition) is 1. The average molecular weight is 266 g/mol. The molecule has 1 aliphatic rings. The first-order valence-corrected chi connectivity index (χ1v) is 7.69. The van der Waals surface area contributed by atoms with Crippen molar-refractivity contribution < 1.29 is 4.79 Å². The molecule has 1 saturated carbocycles. The zero-order valence-corrected chi connectivity index (χ0v) is 12.0. The van der Waals surface area contributed by atoms with Crippen molar-refractivity contribution in [1.82, 2.24) is 10.2 Å².